The molecule has 0 spiro atoms. The Labute approximate surface area is 126 Å². The van der Waals surface area contributed by atoms with Crippen LogP contribution in [0.1, 0.15) is 19.3 Å². The standard InChI is InChI=1S/C16H24N2O3/c1-18(11-15-5-3-4-10-21-15)12-16(19)17-13-6-8-14(20-2)9-7-13/h6-9,15H,3-5,10-12H2,1-2H3,(H,17,19)/p+1/t15-/m1/s1. The number of amides is 1. The summed E-state index contributed by atoms with van der Waals surface area (Å²) in [7, 11) is 3.66. The Balaban J connectivity index is 1.74. The van der Waals surface area contributed by atoms with Crippen molar-refractivity contribution < 1.29 is 19.2 Å². The largest absolute Gasteiger partial charge is 0.497 e. The van der Waals surface area contributed by atoms with Gasteiger partial charge in [0, 0.05) is 12.3 Å². The van der Waals surface area contributed by atoms with Crippen molar-refractivity contribution in [1.29, 1.82) is 0 Å². The monoisotopic (exact) mass is 293 g/mol. The second-order valence-corrected chi connectivity index (χ2v) is 5.60. The molecule has 5 nitrogen and oxygen atoms in total. The van der Waals surface area contributed by atoms with Crippen LogP contribution in [0.5, 0.6) is 5.75 Å². The number of carbonyl (C=O) groups excluding carboxylic acids is 1. The molecule has 0 saturated carbocycles. The van der Waals surface area contributed by atoms with Gasteiger partial charge in [0.25, 0.3) is 5.91 Å². The first kappa shape index (κ1) is 15.8. The van der Waals surface area contributed by atoms with Crippen LogP contribution in [0, 0.1) is 0 Å². The molecule has 2 rings (SSSR count). The van der Waals surface area contributed by atoms with Crippen molar-refractivity contribution >= 4 is 11.6 Å². The Morgan fingerprint density at radius 2 is 2.14 bits per heavy atom. The van der Waals surface area contributed by atoms with Crippen LogP contribution in [-0.2, 0) is 9.53 Å². The van der Waals surface area contributed by atoms with E-state index in [2.05, 4.69) is 5.32 Å². The molecule has 21 heavy (non-hydrogen) atoms. The van der Waals surface area contributed by atoms with Crippen LogP contribution < -0.4 is 15.0 Å². The van der Waals surface area contributed by atoms with Gasteiger partial charge in [-0.25, -0.2) is 0 Å². The Morgan fingerprint density at radius 1 is 1.38 bits per heavy atom. The molecule has 1 aromatic rings. The number of quaternary nitrogens is 1. The number of rotatable bonds is 6. The number of likely N-dealkylation sites (N-methyl/N-ethyl adjacent to an activating group) is 1. The van der Waals surface area contributed by atoms with E-state index >= 15 is 0 Å². The molecule has 0 aromatic heterocycles. The maximum Gasteiger partial charge on any atom is 0.279 e. The van der Waals surface area contributed by atoms with Gasteiger partial charge in [-0.2, -0.15) is 0 Å². The molecule has 1 aromatic carbocycles. The van der Waals surface area contributed by atoms with Crippen molar-refractivity contribution in [2.75, 3.05) is 39.2 Å². The molecule has 1 unspecified atom stereocenters. The van der Waals surface area contributed by atoms with E-state index in [-0.39, 0.29) is 5.91 Å². The first-order chi connectivity index (χ1) is 10.2. The zero-order chi connectivity index (χ0) is 15.1. The number of carbonyl (C=O) groups is 1. The van der Waals surface area contributed by atoms with Crippen molar-refractivity contribution in [2.45, 2.75) is 25.4 Å². The van der Waals surface area contributed by atoms with Crippen molar-refractivity contribution in [1.82, 2.24) is 0 Å². The molecule has 1 fully saturated rings. The summed E-state index contributed by atoms with van der Waals surface area (Å²) in [5.74, 6) is 0.804. The molecule has 2 atom stereocenters. The molecule has 1 aliphatic heterocycles. The quantitative estimate of drug-likeness (QED) is 0.812. The summed E-state index contributed by atoms with van der Waals surface area (Å²) in [5, 5.41) is 2.91. The molecule has 0 radical (unpaired) electrons. The van der Waals surface area contributed by atoms with E-state index in [1.807, 2.05) is 31.3 Å². The van der Waals surface area contributed by atoms with E-state index in [1.54, 1.807) is 7.11 Å². The number of hydrogen-bond donors (Lipinski definition) is 2. The second kappa shape index (κ2) is 8.00. The minimum Gasteiger partial charge on any atom is -0.497 e. The highest BCUT2D eigenvalue weighted by atomic mass is 16.5. The summed E-state index contributed by atoms with van der Waals surface area (Å²) in [6, 6.07) is 7.36. The first-order valence-electron chi connectivity index (χ1n) is 7.54. The van der Waals surface area contributed by atoms with E-state index in [1.165, 1.54) is 11.3 Å². The number of hydrogen-bond acceptors (Lipinski definition) is 3. The van der Waals surface area contributed by atoms with Crippen LogP contribution in [0.3, 0.4) is 0 Å². The third kappa shape index (κ3) is 5.36. The normalized spacial score (nSPS) is 19.8. The highest BCUT2D eigenvalue weighted by molar-refractivity contribution is 5.91. The summed E-state index contributed by atoms with van der Waals surface area (Å²) in [6.07, 6.45) is 3.80. The second-order valence-electron chi connectivity index (χ2n) is 5.60. The summed E-state index contributed by atoms with van der Waals surface area (Å²) in [4.78, 5) is 13.2. The lowest BCUT2D eigenvalue weighted by Crippen LogP contribution is -3.11. The zero-order valence-corrected chi connectivity index (χ0v) is 12.9. The SMILES string of the molecule is COc1ccc(NC(=O)C[NH+](C)C[C@H]2CCCCO2)cc1. The number of benzene rings is 1. The highest BCUT2D eigenvalue weighted by Gasteiger charge is 2.19. The number of ether oxygens (including phenoxy) is 2. The van der Waals surface area contributed by atoms with Crippen molar-refractivity contribution in [3.8, 4) is 5.75 Å². The maximum atomic E-state index is 12.0. The smallest absolute Gasteiger partial charge is 0.279 e. The fraction of sp³-hybridized carbons (Fsp3) is 0.562. The average Bonchev–Trinajstić information content (AvgIpc) is 2.48. The molecule has 1 heterocycles. The van der Waals surface area contributed by atoms with E-state index < -0.39 is 0 Å². The van der Waals surface area contributed by atoms with Gasteiger partial charge >= 0.3 is 0 Å². The van der Waals surface area contributed by atoms with Gasteiger partial charge in [-0.1, -0.05) is 0 Å². The highest BCUT2D eigenvalue weighted by Crippen LogP contribution is 2.14. The van der Waals surface area contributed by atoms with Gasteiger partial charge in [-0.05, 0) is 43.5 Å². The Bertz CT molecular complexity index is 441. The lowest BCUT2D eigenvalue weighted by Gasteiger charge is -2.24. The van der Waals surface area contributed by atoms with Gasteiger partial charge in [0.15, 0.2) is 6.54 Å². The van der Waals surface area contributed by atoms with Gasteiger partial charge in [0.1, 0.15) is 18.4 Å². The molecule has 0 aliphatic carbocycles. The van der Waals surface area contributed by atoms with Gasteiger partial charge in [-0.3, -0.25) is 4.79 Å². The van der Waals surface area contributed by atoms with Gasteiger partial charge in [0.2, 0.25) is 0 Å². The molecule has 5 heteroatoms. The van der Waals surface area contributed by atoms with Crippen LogP contribution in [-0.4, -0.2) is 45.9 Å². The minimum absolute atomic E-state index is 0.0217. The summed E-state index contributed by atoms with van der Waals surface area (Å²) in [6.45, 7) is 2.19. The lowest BCUT2D eigenvalue weighted by molar-refractivity contribution is -0.874. The summed E-state index contributed by atoms with van der Waals surface area (Å²) >= 11 is 0. The first-order valence-corrected chi connectivity index (χ1v) is 7.54. The Morgan fingerprint density at radius 3 is 2.76 bits per heavy atom. The summed E-state index contributed by atoms with van der Waals surface area (Å²) in [5.41, 5.74) is 0.794. The molecule has 2 N–H and O–H groups in total. The van der Waals surface area contributed by atoms with Gasteiger partial charge < -0.3 is 19.7 Å². The molecular weight excluding hydrogens is 268 g/mol. The van der Waals surface area contributed by atoms with Crippen molar-refractivity contribution in [3.63, 3.8) is 0 Å². The third-order valence-electron chi connectivity index (χ3n) is 3.69. The molecular formula is C16H25N2O3+. The maximum absolute atomic E-state index is 12.0. The van der Waals surface area contributed by atoms with Gasteiger partial charge in [0.05, 0.1) is 14.2 Å². The Kier molecular flexibility index (Phi) is 6.02. The third-order valence-corrected chi connectivity index (χ3v) is 3.69. The minimum atomic E-state index is 0.0217. The number of nitrogens with one attached hydrogen (secondary N) is 2. The molecule has 116 valence electrons. The Hall–Kier alpha value is -1.59. The van der Waals surface area contributed by atoms with Crippen molar-refractivity contribution in [2.24, 2.45) is 0 Å². The predicted octanol–water partition coefficient (Wildman–Crippen LogP) is 0.718. The van der Waals surface area contributed by atoms with Crippen molar-refractivity contribution in [3.05, 3.63) is 24.3 Å². The van der Waals surface area contributed by atoms with Crippen LogP contribution in [0.4, 0.5) is 5.69 Å². The number of methoxy groups -OCH3 is 1. The fourth-order valence-corrected chi connectivity index (χ4v) is 2.58. The lowest BCUT2D eigenvalue weighted by atomic mass is 10.1. The topological polar surface area (TPSA) is 52.0 Å². The van der Waals surface area contributed by atoms with E-state index in [4.69, 9.17) is 9.47 Å². The van der Waals surface area contributed by atoms with E-state index in [0.29, 0.717) is 12.6 Å². The average molecular weight is 293 g/mol. The predicted molar refractivity (Wildman–Crippen MR) is 81.8 cm³/mol. The summed E-state index contributed by atoms with van der Waals surface area (Å²) < 4.78 is 10.8. The van der Waals surface area contributed by atoms with Crippen LogP contribution in [0.2, 0.25) is 0 Å². The van der Waals surface area contributed by atoms with Gasteiger partial charge in [-0.15, -0.1) is 0 Å². The fourth-order valence-electron chi connectivity index (χ4n) is 2.58. The molecule has 1 amide bonds. The van der Waals surface area contributed by atoms with E-state index in [9.17, 15) is 4.79 Å². The number of anilines is 1. The zero-order valence-electron chi connectivity index (χ0n) is 12.9. The molecule has 1 aliphatic rings. The van der Waals surface area contributed by atoms with Crippen LogP contribution >= 0.6 is 0 Å². The van der Waals surface area contributed by atoms with Crippen LogP contribution in [0.25, 0.3) is 0 Å². The van der Waals surface area contributed by atoms with Crippen LogP contribution in [0.15, 0.2) is 24.3 Å². The molecule has 0 bridgehead atoms. The molecule has 1 saturated heterocycles. The van der Waals surface area contributed by atoms with E-state index in [0.717, 1.165) is 37.4 Å².